The Kier molecular flexibility index (Phi) is 4.18. The molecule has 98 valence electrons. The number of aliphatic hydroxyl groups is 1. The second kappa shape index (κ2) is 5.66. The number of benzene rings is 1. The Balaban J connectivity index is 2.07. The summed E-state index contributed by atoms with van der Waals surface area (Å²) in [6.45, 7) is 4.40. The molecule has 0 aliphatic heterocycles. The van der Waals surface area contributed by atoms with E-state index < -0.39 is 6.10 Å². The van der Waals surface area contributed by atoms with E-state index in [2.05, 4.69) is 13.8 Å². The molecule has 1 saturated carbocycles. The van der Waals surface area contributed by atoms with E-state index in [1.54, 1.807) is 0 Å². The van der Waals surface area contributed by atoms with E-state index in [0.29, 0.717) is 17.4 Å². The van der Waals surface area contributed by atoms with Crippen LogP contribution in [0.3, 0.4) is 0 Å². The molecular weight excluding hydrogens is 224 g/mol. The Morgan fingerprint density at radius 3 is 2.22 bits per heavy atom. The molecule has 0 spiro atoms. The first kappa shape index (κ1) is 13.3. The third kappa shape index (κ3) is 2.99. The highest BCUT2D eigenvalue weighted by atomic mass is 16.3. The lowest BCUT2D eigenvalue weighted by Crippen LogP contribution is -2.29. The van der Waals surface area contributed by atoms with E-state index in [9.17, 15) is 9.90 Å². The monoisotopic (exact) mass is 246 g/mol. The highest BCUT2D eigenvalue weighted by molar-refractivity contribution is 5.86. The predicted octanol–water partition coefficient (Wildman–Crippen LogP) is 3.36. The van der Waals surface area contributed by atoms with Crippen molar-refractivity contribution in [1.29, 1.82) is 0 Å². The van der Waals surface area contributed by atoms with Crippen LogP contribution in [-0.2, 0) is 4.79 Å². The number of rotatable bonds is 3. The predicted molar refractivity (Wildman–Crippen MR) is 72.1 cm³/mol. The van der Waals surface area contributed by atoms with Crippen LogP contribution in [0.4, 0.5) is 0 Å². The first-order valence-electron chi connectivity index (χ1n) is 6.84. The Morgan fingerprint density at radius 1 is 1.11 bits per heavy atom. The maximum atomic E-state index is 12.3. The fourth-order valence-corrected chi connectivity index (χ4v) is 3.20. The van der Waals surface area contributed by atoms with Crippen LogP contribution < -0.4 is 0 Å². The van der Waals surface area contributed by atoms with Gasteiger partial charge in [0, 0.05) is 5.92 Å². The molecular formula is C16H22O2. The Morgan fingerprint density at radius 2 is 1.67 bits per heavy atom. The third-order valence-corrected chi connectivity index (χ3v) is 3.97. The lowest BCUT2D eigenvalue weighted by molar-refractivity contribution is -0.133. The highest BCUT2D eigenvalue weighted by Gasteiger charge is 2.32. The topological polar surface area (TPSA) is 37.3 Å². The summed E-state index contributed by atoms with van der Waals surface area (Å²) in [5.74, 6) is 1.20. The fourth-order valence-electron chi connectivity index (χ4n) is 3.20. The molecule has 0 radical (unpaired) electrons. The molecule has 1 aliphatic rings. The lowest BCUT2D eigenvalue weighted by Gasteiger charge is -2.31. The number of aliphatic hydroxyl groups excluding tert-OH is 1. The average molecular weight is 246 g/mol. The van der Waals surface area contributed by atoms with Gasteiger partial charge in [-0.3, -0.25) is 4.79 Å². The second-order valence-corrected chi connectivity index (χ2v) is 5.83. The maximum absolute atomic E-state index is 12.3. The summed E-state index contributed by atoms with van der Waals surface area (Å²) in [5, 5.41) is 10.2. The van der Waals surface area contributed by atoms with Gasteiger partial charge in [0.2, 0.25) is 0 Å². The maximum Gasteiger partial charge on any atom is 0.168 e. The van der Waals surface area contributed by atoms with Gasteiger partial charge in [0.15, 0.2) is 5.78 Å². The van der Waals surface area contributed by atoms with Gasteiger partial charge in [-0.2, -0.15) is 0 Å². The summed E-state index contributed by atoms with van der Waals surface area (Å²) in [4.78, 5) is 12.3. The fraction of sp³-hybridized carbons (Fsp3) is 0.562. The van der Waals surface area contributed by atoms with Gasteiger partial charge in [-0.1, -0.05) is 44.2 Å². The standard InChI is InChI=1S/C16H22O2/c1-11-8-12(2)10-14(9-11)16(18)15(17)13-6-4-3-5-7-13/h3-7,11-12,14-15,17H,8-10H2,1-2H3. The molecule has 0 heterocycles. The number of Topliss-reactive ketones (excluding diaryl/α,β-unsaturated/α-hetero) is 1. The average Bonchev–Trinajstić information content (AvgIpc) is 2.37. The molecule has 1 aromatic carbocycles. The molecule has 0 aromatic heterocycles. The quantitative estimate of drug-likeness (QED) is 0.888. The van der Waals surface area contributed by atoms with E-state index in [1.165, 1.54) is 6.42 Å². The molecule has 0 bridgehead atoms. The van der Waals surface area contributed by atoms with Gasteiger partial charge < -0.3 is 5.11 Å². The van der Waals surface area contributed by atoms with E-state index in [4.69, 9.17) is 0 Å². The van der Waals surface area contributed by atoms with E-state index >= 15 is 0 Å². The van der Waals surface area contributed by atoms with Crippen LogP contribution in [0, 0.1) is 17.8 Å². The van der Waals surface area contributed by atoms with Gasteiger partial charge in [0.1, 0.15) is 6.10 Å². The zero-order valence-corrected chi connectivity index (χ0v) is 11.2. The molecule has 2 nitrogen and oxygen atoms in total. The highest BCUT2D eigenvalue weighted by Crippen LogP contribution is 2.35. The van der Waals surface area contributed by atoms with Gasteiger partial charge in [0.25, 0.3) is 0 Å². The van der Waals surface area contributed by atoms with Crippen LogP contribution in [0.2, 0.25) is 0 Å². The molecule has 1 aromatic rings. The molecule has 3 atom stereocenters. The number of hydrogen-bond acceptors (Lipinski definition) is 2. The van der Waals surface area contributed by atoms with Crippen molar-refractivity contribution < 1.29 is 9.90 Å². The van der Waals surface area contributed by atoms with Gasteiger partial charge in [-0.25, -0.2) is 0 Å². The lowest BCUT2D eigenvalue weighted by atomic mass is 9.74. The van der Waals surface area contributed by atoms with Crippen LogP contribution in [0.5, 0.6) is 0 Å². The normalized spacial score (nSPS) is 29.8. The zero-order valence-electron chi connectivity index (χ0n) is 11.2. The third-order valence-electron chi connectivity index (χ3n) is 3.97. The number of carbonyl (C=O) groups is 1. The minimum Gasteiger partial charge on any atom is -0.381 e. The molecule has 1 N–H and O–H groups in total. The minimum absolute atomic E-state index is 0.000370. The van der Waals surface area contributed by atoms with Gasteiger partial charge in [-0.05, 0) is 36.7 Å². The minimum atomic E-state index is -0.950. The zero-order chi connectivity index (χ0) is 13.1. The van der Waals surface area contributed by atoms with E-state index in [0.717, 1.165) is 12.8 Å². The van der Waals surface area contributed by atoms with Crippen molar-refractivity contribution in [2.45, 2.75) is 39.2 Å². The van der Waals surface area contributed by atoms with Gasteiger partial charge >= 0.3 is 0 Å². The molecule has 1 fully saturated rings. The summed E-state index contributed by atoms with van der Waals surface area (Å²) < 4.78 is 0. The van der Waals surface area contributed by atoms with Gasteiger partial charge in [-0.15, -0.1) is 0 Å². The van der Waals surface area contributed by atoms with Crippen molar-refractivity contribution >= 4 is 5.78 Å². The van der Waals surface area contributed by atoms with Crippen LogP contribution in [0.1, 0.15) is 44.8 Å². The summed E-state index contributed by atoms with van der Waals surface area (Å²) in [5.41, 5.74) is 0.716. The van der Waals surface area contributed by atoms with E-state index in [1.807, 2.05) is 30.3 Å². The Labute approximate surface area is 109 Å². The van der Waals surface area contributed by atoms with Gasteiger partial charge in [0.05, 0.1) is 0 Å². The summed E-state index contributed by atoms with van der Waals surface area (Å²) in [7, 11) is 0. The molecule has 0 saturated heterocycles. The number of ketones is 1. The van der Waals surface area contributed by atoms with E-state index in [-0.39, 0.29) is 11.7 Å². The second-order valence-electron chi connectivity index (χ2n) is 5.83. The van der Waals surface area contributed by atoms with Crippen molar-refractivity contribution in [3.63, 3.8) is 0 Å². The van der Waals surface area contributed by atoms with Crippen molar-refractivity contribution in [2.75, 3.05) is 0 Å². The molecule has 2 rings (SSSR count). The van der Waals surface area contributed by atoms with Crippen molar-refractivity contribution in [3.05, 3.63) is 35.9 Å². The Hall–Kier alpha value is -1.15. The summed E-state index contributed by atoms with van der Waals surface area (Å²) in [6.07, 6.45) is 2.10. The van der Waals surface area contributed by atoms with Crippen LogP contribution in [-0.4, -0.2) is 10.9 Å². The smallest absolute Gasteiger partial charge is 0.168 e. The molecule has 18 heavy (non-hydrogen) atoms. The van der Waals surface area contributed by atoms with Crippen molar-refractivity contribution in [3.8, 4) is 0 Å². The molecule has 0 amide bonds. The van der Waals surface area contributed by atoms with Crippen molar-refractivity contribution in [1.82, 2.24) is 0 Å². The molecule has 3 unspecified atom stereocenters. The first-order valence-corrected chi connectivity index (χ1v) is 6.84. The largest absolute Gasteiger partial charge is 0.381 e. The number of carbonyl (C=O) groups excluding carboxylic acids is 1. The molecule has 2 heteroatoms. The first-order chi connectivity index (χ1) is 8.58. The molecule has 1 aliphatic carbocycles. The van der Waals surface area contributed by atoms with Crippen LogP contribution in [0.25, 0.3) is 0 Å². The summed E-state index contributed by atoms with van der Waals surface area (Å²) in [6, 6.07) is 9.25. The summed E-state index contributed by atoms with van der Waals surface area (Å²) >= 11 is 0. The Bertz CT molecular complexity index is 389. The SMILES string of the molecule is CC1CC(C)CC(C(=O)C(O)c2ccccc2)C1. The van der Waals surface area contributed by atoms with Crippen LogP contribution >= 0.6 is 0 Å². The number of hydrogen-bond donors (Lipinski definition) is 1. The van der Waals surface area contributed by atoms with Crippen LogP contribution in [0.15, 0.2) is 30.3 Å². The van der Waals surface area contributed by atoms with Crippen molar-refractivity contribution in [2.24, 2.45) is 17.8 Å².